The summed E-state index contributed by atoms with van der Waals surface area (Å²) in [5.41, 5.74) is 4.35. The third-order valence-corrected chi connectivity index (χ3v) is 8.52. The van der Waals surface area contributed by atoms with E-state index in [9.17, 15) is 19.8 Å². The lowest BCUT2D eigenvalue weighted by atomic mass is 9.91. The van der Waals surface area contributed by atoms with Gasteiger partial charge in [-0.25, -0.2) is 9.59 Å². The highest BCUT2D eigenvalue weighted by molar-refractivity contribution is 7.99. The quantitative estimate of drug-likeness (QED) is 0.149. The number of hydrogen-bond acceptors (Lipinski definition) is 6. The second-order valence-corrected chi connectivity index (χ2v) is 11.4. The predicted octanol–water partition coefficient (Wildman–Crippen LogP) is 6.78. The summed E-state index contributed by atoms with van der Waals surface area (Å²) in [6.07, 6.45) is -1.33. The Bertz CT molecular complexity index is 1530. The number of aliphatic hydroxyl groups excluding tert-OH is 1. The van der Waals surface area contributed by atoms with Gasteiger partial charge in [0.1, 0.15) is 0 Å². The standard InChI is InChI=1S/C34H34N2O6S/c1-22-29(21-43-30-13-6-5-12-28(30)32(38)39)41-33(42-31(22)25-16-14-24(20-37)15-17-25)26-10-7-11-27(18-26)36-34(40)35-19-23-8-3-2-4-9-23/h2-18,22,29,31,33,37H,19-21H2,1H3,(H,38,39)(H2,35,36,40). The van der Waals surface area contributed by atoms with Crippen LogP contribution < -0.4 is 10.6 Å². The number of nitrogens with one attached hydrogen (secondary N) is 2. The monoisotopic (exact) mass is 598 g/mol. The van der Waals surface area contributed by atoms with Crippen molar-refractivity contribution in [3.05, 3.63) is 131 Å². The normalized spacial score (nSPS) is 19.9. The average Bonchev–Trinajstić information content (AvgIpc) is 3.04. The first-order valence-corrected chi connectivity index (χ1v) is 15.0. The average molecular weight is 599 g/mol. The van der Waals surface area contributed by atoms with Crippen molar-refractivity contribution in [3.63, 3.8) is 0 Å². The van der Waals surface area contributed by atoms with E-state index in [0.717, 1.165) is 22.3 Å². The first-order valence-electron chi connectivity index (χ1n) is 14.1. The molecule has 8 nitrogen and oxygen atoms in total. The summed E-state index contributed by atoms with van der Waals surface area (Å²) in [5.74, 6) is -0.525. The van der Waals surface area contributed by atoms with Gasteiger partial charge in [0, 0.05) is 34.4 Å². The van der Waals surface area contributed by atoms with Crippen LogP contribution in [-0.2, 0) is 22.6 Å². The molecule has 222 valence electrons. The van der Waals surface area contributed by atoms with E-state index < -0.39 is 12.3 Å². The summed E-state index contributed by atoms with van der Waals surface area (Å²) in [4.78, 5) is 25.0. The highest BCUT2D eigenvalue weighted by Crippen LogP contribution is 2.43. The molecule has 0 radical (unpaired) electrons. The lowest BCUT2D eigenvalue weighted by Gasteiger charge is -2.41. The van der Waals surface area contributed by atoms with Gasteiger partial charge in [-0.05, 0) is 41.0 Å². The molecule has 43 heavy (non-hydrogen) atoms. The number of aliphatic hydroxyl groups is 1. The molecule has 4 aromatic rings. The van der Waals surface area contributed by atoms with Crippen molar-refractivity contribution in [1.29, 1.82) is 0 Å². The van der Waals surface area contributed by atoms with Gasteiger partial charge >= 0.3 is 12.0 Å². The summed E-state index contributed by atoms with van der Waals surface area (Å²) >= 11 is 1.44. The highest BCUT2D eigenvalue weighted by Gasteiger charge is 2.38. The maximum Gasteiger partial charge on any atom is 0.336 e. The molecular weight excluding hydrogens is 564 g/mol. The Kier molecular flexibility index (Phi) is 10.1. The predicted molar refractivity (Wildman–Crippen MR) is 166 cm³/mol. The number of carboxylic acids is 1. The number of urea groups is 1. The molecule has 0 bridgehead atoms. The van der Waals surface area contributed by atoms with E-state index in [-0.39, 0.29) is 36.3 Å². The van der Waals surface area contributed by atoms with Crippen LogP contribution >= 0.6 is 11.8 Å². The van der Waals surface area contributed by atoms with Crippen LogP contribution in [0, 0.1) is 5.92 Å². The van der Waals surface area contributed by atoms with Crippen LogP contribution in [0.15, 0.2) is 108 Å². The van der Waals surface area contributed by atoms with Gasteiger partial charge in [-0.1, -0.05) is 85.8 Å². The van der Waals surface area contributed by atoms with Gasteiger partial charge in [0.25, 0.3) is 0 Å². The molecule has 2 amide bonds. The fraction of sp³-hybridized carbons (Fsp3) is 0.235. The van der Waals surface area contributed by atoms with Gasteiger partial charge in [0.2, 0.25) is 0 Å². The van der Waals surface area contributed by atoms with E-state index in [1.165, 1.54) is 11.8 Å². The number of hydrogen-bond donors (Lipinski definition) is 4. The van der Waals surface area contributed by atoms with Crippen LogP contribution in [-0.4, -0.2) is 34.1 Å². The largest absolute Gasteiger partial charge is 0.478 e. The summed E-state index contributed by atoms with van der Waals surface area (Å²) in [6, 6.07) is 31.3. The SMILES string of the molecule is CC1C(CSc2ccccc2C(=O)O)OC(c2cccc(NC(=O)NCc3ccccc3)c2)OC1c1ccc(CO)cc1. The van der Waals surface area contributed by atoms with Crippen molar-refractivity contribution in [1.82, 2.24) is 5.32 Å². The lowest BCUT2D eigenvalue weighted by Crippen LogP contribution is -2.38. The van der Waals surface area contributed by atoms with Crippen LogP contribution in [0.1, 0.15) is 51.9 Å². The van der Waals surface area contributed by atoms with Crippen molar-refractivity contribution in [3.8, 4) is 0 Å². The molecule has 0 spiro atoms. The van der Waals surface area contributed by atoms with Crippen LogP contribution in [0.2, 0.25) is 0 Å². The Balaban J connectivity index is 1.34. The number of rotatable bonds is 10. The zero-order valence-electron chi connectivity index (χ0n) is 23.7. The third-order valence-electron chi connectivity index (χ3n) is 7.36. The van der Waals surface area contributed by atoms with Gasteiger partial charge in [-0.15, -0.1) is 11.8 Å². The number of carboxylic acid groups (broad SMARTS) is 1. The second-order valence-electron chi connectivity index (χ2n) is 10.4. The molecule has 0 aromatic heterocycles. The van der Waals surface area contributed by atoms with Crippen LogP contribution in [0.5, 0.6) is 0 Å². The second kappa shape index (κ2) is 14.3. The molecular formula is C34H34N2O6S. The van der Waals surface area contributed by atoms with E-state index in [2.05, 4.69) is 17.6 Å². The lowest BCUT2D eigenvalue weighted by molar-refractivity contribution is -0.268. The summed E-state index contributed by atoms with van der Waals surface area (Å²) in [5, 5.41) is 24.9. The van der Waals surface area contributed by atoms with Gasteiger partial charge in [0.15, 0.2) is 6.29 Å². The molecule has 4 N–H and O–H groups in total. The number of carbonyl (C=O) groups excluding carboxylic acids is 1. The van der Waals surface area contributed by atoms with Gasteiger partial charge in [0.05, 0.1) is 24.4 Å². The van der Waals surface area contributed by atoms with E-state index >= 15 is 0 Å². The number of benzene rings is 4. The van der Waals surface area contributed by atoms with Gasteiger partial charge < -0.3 is 30.3 Å². The molecule has 1 fully saturated rings. The van der Waals surface area contributed by atoms with E-state index in [4.69, 9.17) is 9.47 Å². The van der Waals surface area contributed by atoms with Crippen LogP contribution in [0.4, 0.5) is 10.5 Å². The molecule has 0 saturated carbocycles. The molecule has 0 aliphatic carbocycles. The molecule has 1 aliphatic rings. The van der Waals surface area contributed by atoms with Crippen molar-refractivity contribution in [2.45, 2.75) is 43.5 Å². The molecule has 4 atom stereocenters. The minimum atomic E-state index is -0.971. The minimum absolute atomic E-state index is 0.0476. The van der Waals surface area contributed by atoms with Gasteiger partial charge in [-0.3, -0.25) is 0 Å². The molecule has 1 aliphatic heterocycles. The van der Waals surface area contributed by atoms with Crippen molar-refractivity contribution >= 4 is 29.4 Å². The van der Waals surface area contributed by atoms with Gasteiger partial charge in [-0.2, -0.15) is 0 Å². The number of thioether (sulfide) groups is 1. The molecule has 5 rings (SSSR count). The van der Waals surface area contributed by atoms with E-state index in [0.29, 0.717) is 22.9 Å². The number of ether oxygens (including phenoxy) is 2. The van der Waals surface area contributed by atoms with Crippen LogP contribution in [0.3, 0.4) is 0 Å². The summed E-state index contributed by atoms with van der Waals surface area (Å²) < 4.78 is 13.0. The highest BCUT2D eigenvalue weighted by atomic mass is 32.2. The Hall–Kier alpha value is -4.15. The summed E-state index contributed by atoms with van der Waals surface area (Å²) in [7, 11) is 0. The Morgan fingerprint density at radius 2 is 1.58 bits per heavy atom. The maximum absolute atomic E-state index is 12.6. The molecule has 9 heteroatoms. The van der Waals surface area contributed by atoms with Crippen LogP contribution in [0.25, 0.3) is 0 Å². The fourth-order valence-corrected chi connectivity index (χ4v) is 6.18. The van der Waals surface area contributed by atoms with E-state index in [1.54, 1.807) is 24.3 Å². The fourth-order valence-electron chi connectivity index (χ4n) is 4.97. The smallest absolute Gasteiger partial charge is 0.336 e. The Morgan fingerprint density at radius 3 is 2.33 bits per heavy atom. The summed E-state index contributed by atoms with van der Waals surface area (Å²) in [6.45, 7) is 2.42. The molecule has 1 saturated heterocycles. The Labute approximate surface area is 255 Å². The number of anilines is 1. The zero-order chi connectivity index (χ0) is 30.2. The Morgan fingerprint density at radius 1 is 0.837 bits per heavy atom. The first-order chi connectivity index (χ1) is 20.9. The zero-order valence-corrected chi connectivity index (χ0v) is 24.5. The number of aromatic carboxylic acids is 1. The van der Waals surface area contributed by atoms with Crippen molar-refractivity contribution in [2.24, 2.45) is 5.92 Å². The van der Waals surface area contributed by atoms with E-state index in [1.807, 2.05) is 78.9 Å². The molecule has 4 unspecified atom stereocenters. The van der Waals surface area contributed by atoms with Crippen molar-refractivity contribution < 1.29 is 29.3 Å². The third kappa shape index (κ3) is 7.82. The number of amides is 2. The molecule has 4 aromatic carbocycles. The maximum atomic E-state index is 12.6. The first kappa shape index (κ1) is 30.3. The number of carbonyl (C=O) groups is 2. The topological polar surface area (TPSA) is 117 Å². The minimum Gasteiger partial charge on any atom is -0.478 e. The molecule has 1 heterocycles. The van der Waals surface area contributed by atoms with Crippen molar-refractivity contribution in [2.75, 3.05) is 11.1 Å².